The molecule has 0 spiro atoms. The van der Waals surface area contributed by atoms with Crippen LogP contribution in [0.25, 0.3) is 0 Å². The largest absolute Gasteiger partial charge is 0.544 e. The molecule has 0 saturated carbocycles. The molecule has 1 aromatic rings. The first kappa shape index (κ1) is 36.9. The van der Waals surface area contributed by atoms with Crippen molar-refractivity contribution in [3.05, 3.63) is 29.8 Å². The number of ketones is 4. The second-order valence-corrected chi connectivity index (χ2v) is 18.5. The molecule has 0 amide bonds. The van der Waals surface area contributed by atoms with E-state index in [4.69, 9.17) is 4.43 Å². The molecule has 1 fully saturated rings. The number of benzene rings is 1. The number of hydrogen-bond donors (Lipinski definition) is 0. The maximum Gasteiger partial charge on any atom is 0.250 e. The lowest BCUT2D eigenvalue weighted by Gasteiger charge is -2.37. The Balaban J connectivity index is 2.28. The fourth-order valence-corrected chi connectivity index (χ4v) is 6.21. The van der Waals surface area contributed by atoms with Gasteiger partial charge in [-0.2, -0.15) is 0 Å². The highest BCUT2D eigenvalue weighted by Crippen LogP contribution is 2.37. The van der Waals surface area contributed by atoms with Gasteiger partial charge in [-0.1, -0.05) is 32.9 Å². The second-order valence-electron chi connectivity index (χ2n) is 13.8. The number of carbonyl (C=O) groups is 4. The van der Waals surface area contributed by atoms with E-state index in [1.807, 2.05) is 12.1 Å². The first-order valence-electron chi connectivity index (χ1n) is 15.6. The number of hydrogen-bond acceptors (Lipinski definition) is 9. The molecule has 1 aromatic carbocycles. The monoisotopic (exact) mass is 616 g/mol. The Morgan fingerprint density at radius 3 is 1.40 bits per heavy atom. The minimum absolute atomic E-state index is 0.0903. The molecule has 0 aromatic heterocycles. The lowest BCUT2D eigenvalue weighted by Crippen LogP contribution is -2.51. The van der Waals surface area contributed by atoms with Crippen molar-refractivity contribution in [1.29, 1.82) is 0 Å². The summed E-state index contributed by atoms with van der Waals surface area (Å²) in [5.74, 6) is 1.23. The fraction of sp³-hybridized carbons (Fsp3) is 0.697. The maximum atomic E-state index is 13.1. The van der Waals surface area contributed by atoms with Crippen LogP contribution in [0.3, 0.4) is 0 Å². The summed E-state index contributed by atoms with van der Waals surface area (Å²) in [4.78, 5) is 57.8. The molecular weight excluding hydrogens is 560 g/mol. The predicted octanol–water partition coefficient (Wildman–Crippen LogP) is 3.56. The predicted molar refractivity (Wildman–Crippen MR) is 175 cm³/mol. The topological polar surface area (TPSA) is 90.5 Å². The third-order valence-electron chi connectivity index (χ3n) is 8.65. The van der Waals surface area contributed by atoms with Gasteiger partial charge >= 0.3 is 0 Å². The summed E-state index contributed by atoms with van der Waals surface area (Å²) in [6, 6.07) is 7.81. The zero-order valence-electron chi connectivity index (χ0n) is 28.2. The Morgan fingerprint density at radius 2 is 1.07 bits per heavy atom. The van der Waals surface area contributed by atoms with Gasteiger partial charge in [-0.05, 0) is 69.9 Å². The molecule has 0 N–H and O–H groups in total. The average molecular weight is 617 g/mol. The van der Waals surface area contributed by atoms with Crippen molar-refractivity contribution in [3.63, 3.8) is 0 Å². The van der Waals surface area contributed by atoms with Gasteiger partial charge in [0.1, 0.15) is 28.9 Å². The molecule has 0 radical (unpaired) electrons. The lowest BCUT2D eigenvalue weighted by atomic mass is 10.0. The Morgan fingerprint density at radius 1 is 0.698 bits per heavy atom. The van der Waals surface area contributed by atoms with Gasteiger partial charge in [-0.3, -0.25) is 38.8 Å². The molecule has 1 atom stereocenters. The molecule has 1 heterocycles. The molecule has 242 valence electrons. The van der Waals surface area contributed by atoms with Crippen LogP contribution >= 0.6 is 0 Å². The van der Waals surface area contributed by atoms with Crippen LogP contribution in [0.4, 0.5) is 0 Å². The van der Waals surface area contributed by atoms with Crippen molar-refractivity contribution in [1.82, 2.24) is 19.6 Å². The summed E-state index contributed by atoms with van der Waals surface area (Å²) in [6.45, 7) is 23.7. The van der Waals surface area contributed by atoms with Crippen LogP contribution in [0.5, 0.6) is 5.75 Å². The quantitative estimate of drug-likeness (QED) is 0.327. The third-order valence-corrected chi connectivity index (χ3v) is 13.0. The van der Waals surface area contributed by atoms with E-state index in [0.717, 1.165) is 11.3 Å². The normalized spacial score (nSPS) is 18.3. The molecule has 1 aliphatic heterocycles. The van der Waals surface area contributed by atoms with E-state index < -0.39 is 8.32 Å². The Labute approximate surface area is 261 Å². The Hall–Kier alpha value is -2.24. The van der Waals surface area contributed by atoms with E-state index >= 15 is 0 Å². The molecule has 0 bridgehead atoms. The first-order valence-corrected chi connectivity index (χ1v) is 18.6. The summed E-state index contributed by atoms with van der Waals surface area (Å²) in [6.07, 6.45) is 0.571. The molecule has 43 heavy (non-hydrogen) atoms. The van der Waals surface area contributed by atoms with Crippen LogP contribution in [-0.4, -0.2) is 129 Å². The van der Waals surface area contributed by atoms with E-state index in [-0.39, 0.29) is 34.2 Å². The standard InChI is InChI=1S/C33H56N4O5Si/c1-26(38)23-34-14-16-35(24-27(2)39)18-20-37(21-19-36(17-15-34)25-28(3)40)32(29(4)41)22-30-10-12-31(13-11-30)42-43(8,9)33(5,6)7/h10-13,32H,14-25H2,1-9H3. The number of rotatable bonds is 12. The average Bonchev–Trinajstić information content (AvgIpc) is 2.86. The van der Waals surface area contributed by atoms with E-state index in [2.05, 4.69) is 65.6 Å². The molecule has 2 rings (SSSR count). The van der Waals surface area contributed by atoms with E-state index in [1.165, 1.54) is 0 Å². The number of nitrogens with zero attached hydrogens (tertiary/aromatic N) is 4. The molecular formula is C33H56N4O5Si. The zero-order valence-corrected chi connectivity index (χ0v) is 29.2. The third kappa shape index (κ3) is 13.1. The minimum atomic E-state index is -1.96. The van der Waals surface area contributed by atoms with Gasteiger partial charge in [-0.15, -0.1) is 0 Å². The second kappa shape index (κ2) is 16.7. The van der Waals surface area contributed by atoms with Crippen molar-refractivity contribution in [2.45, 2.75) is 79.1 Å². The van der Waals surface area contributed by atoms with Crippen molar-refractivity contribution < 1.29 is 23.6 Å². The number of carbonyl (C=O) groups excluding carboxylic acids is 4. The van der Waals surface area contributed by atoms with Gasteiger partial charge in [0.25, 0.3) is 0 Å². The van der Waals surface area contributed by atoms with Gasteiger partial charge in [0.05, 0.1) is 25.7 Å². The fourth-order valence-electron chi connectivity index (χ4n) is 5.18. The van der Waals surface area contributed by atoms with Crippen molar-refractivity contribution in [3.8, 4) is 5.75 Å². The maximum absolute atomic E-state index is 13.1. The van der Waals surface area contributed by atoms with Crippen LogP contribution in [0.15, 0.2) is 24.3 Å². The van der Waals surface area contributed by atoms with Crippen molar-refractivity contribution >= 4 is 31.5 Å². The highest BCUT2D eigenvalue weighted by Gasteiger charge is 2.39. The summed E-state index contributed by atoms with van der Waals surface area (Å²) in [7, 11) is -1.96. The van der Waals surface area contributed by atoms with Gasteiger partial charge in [0.15, 0.2) is 0 Å². The van der Waals surface area contributed by atoms with Crippen LogP contribution in [0, 0.1) is 0 Å². The summed E-state index contributed by atoms with van der Waals surface area (Å²) in [5, 5.41) is 0.102. The van der Waals surface area contributed by atoms with E-state index in [0.29, 0.717) is 78.4 Å². The molecule has 1 saturated heterocycles. The summed E-state index contributed by atoms with van der Waals surface area (Å²) < 4.78 is 6.46. The summed E-state index contributed by atoms with van der Waals surface area (Å²) in [5.41, 5.74) is 1.06. The molecule has 9 nitrogen and oxygen atoms in total. The summed E-state index contributed by atoms with van der Waals surface area (Å²) >= 11 is 0. The van der Waals surface area contributed by atoms with Crippen LogP contribution in [0.1, 0.15) is 54.0 Å². The smallest absolute Gasteiger partial charge is 0.250 e. The number of Topliss-reactive ketones (excluding diaryl/α,β-unsaturated/α-hetero) is 4. The van der Waals surface area contributed by atoms with Gasteiger partial charge in [0, 0.05) is 52.4 Å². The Bertz CT molecular complexity index is 1050. The SMILES string of the molecule is CC(=O)CN1CCN(CC(C)=O)CCN(C(Cc2ccc(O[Si](C)(C)C(C)(C)C)cc2)C(C)=O)CCN(CC(C)=O)CC1. The zero-order chi connectivity index (χ0) is 32.4. The Kier molecular flexibility index (Phi) is 14.4. The minimum Gasteiger partial charge on any atom is -0.544 e. The first-order chi connectivity index (χ1) is 20.0. The molecule has 1 unspecified atom stereocenters. The van der Waals surface area contributed by atoms with Gasteiger partial charge < -0.3 is 4.43 Å². The lowest BCUT2D eigenvalue weighted by molar-refractivity contribution is -0.123. The van der Waals surface area contributed by atoms with Crippen LogP contribution in [-0.2, 0) is 25.6 Å². The van der Waals surface area contributed by atoms with Crippen LogP contribution < -0.4 is 4.43 Å². The van der Waals surface area contributed by atoms with Crippen molar-refractivity contribution in [2.24, 2.45) is 0 Å². The van der Waals surface area contributed by atoms with Gasteiger partial charge in [-0.25, -0.2) is 0 Å². The highest BCUT2D eigenvalue weighted by molar-refractivity contribution is 6.74. The molecule has 0 aliphatic carbocycles. The van der Waals surface area contributed by atoms with E-state index in [1.54, 1.807) is 27.7 Å². The van der Waals surface area contributed by atoms with E-state index in [9.17, 15) is 19.2 Å². The molecule has 10 heteroatoms. The molecule has 1 aliphatic rings. The highest BCUT2D eigenvalue weighted by atomic mass is 28.4. The van der Waals surface area contributed by atoms with Crippen molar-refractivity contribution in [2.75, 3.05) is 72.0 Å². The van der Waals surface area contributed by atoms with Crippen LogP contribution in [0.2, 0.25) is 18.1 Å². The van der Waals surface area contributed by atoms with Gasteiger partial charge in [0.2, 0.25) is 8.32 Å².